The molecule has 0 unspecified atom stereocenters. The van der Waals surface area contributed by atoms with Crippen LogP contribution < -0.4 is 19.5 Å². The topological polar surface area (TPSA) is 81.6 Å². The van der Waals surface area contributed by atoms with E-state index in [1.807, 2.05) is 19.1 Å². The molecule has 0 aromatic heterocycles. The highest BCUT2D eigenvalue weighted by atomic mass is 16.5. The van der Waals surface area contributed by atoms with E-state index in [0.717, 1.165) is 43.9 Å². The molecule has 0 bridgehead atoms. The van der Waals surface area contributed by atoms with Gasteiger partial charge in [-0.25, -0.2) is 0 Å². The van der Waals surface area contributed by atoms with Crippen LogP contribution in [0.5, 0.6) is 17.2 Å². The van der Waals surface area contributed by atoms with E-state index in [9.17, 15) is 4.79 Å². The number of hydrogen-bond acceptors (Lipinski definition) is 6. The van der Waals surface area contributed by atoms with Gasteiger partial charge in [0.25, 0.3) is 0 Å². The molecule has 0 amide bonds. The molecule has 1 aromatic carbocycles. The Bertz CT molecular complexity index is 700. The van der Waals surface area contributed by atoms with E-state index in [0.29, 0.717) is 30.4 Å². The lowest BCUT2D eigenvalue weighted by Gasteiger charge is -2.33. The van der Waals surface area contributed by atoms with Gasteiger partial charge < -0.3 is 29.2 Å². The molecule has 1 saturated heterocycles. The number of methoxy groups -OCH3 is 3. The van der Waals surface area contributed by atoms with Crippen LogP contribution in [0.2, 0.25) is 0 Å². The van der Waals surface area contributed by atoms with Gasteiger partial charge in [0, 0.05) is 32.2 Å². The van der Waals surface area contributed by atoms with Crippen molar-refractivity contribution in [3.05, 3.63) is 17.7 Å². The SMILES string of the molecule is CCOC(=O)C1CCN(C(=NC)NCCc2ccc(OC)c(OC)c2OC)CC1. The third kappa shape index (κ3) is 5.68. The molecule has 1 aromatic rings. The second-order valence-corrected chi connectivity index (χ2v) is 6.73. The molecular weight excluding hydrogens is 374 g/mol. The van der Waals surface area contributed by atoms with E-state index in [1.54, 1.807) is 28.4 Å². The molecule has 0 aliphatic carbocycles. The number of benzene rings is 1. The Morgan fingerprint density at radius 3 is 2.38 bits per heavy atom. The fraction of sp³-hybridized carbons (Fsp3) is 0.619. The van der Waals surface area contributed by atoms with Crippen LogP contribution in [0.3, 0.4) is 0 Å². The van der Waals surface area contributed by atoms with E-state index < -0.39 is 0 Å². The fourth-order valence-corrected chi connectivity index (χ4v) is 3.59. The number of nitrogens with one attached hydrogen (secondary N) is 1. The fourth-order valence-electron chi connectivity index (χ4n) is 3.59. The molecule has 0 spiro atoms. The molecule has 1 N–H and O–H groups in total. The summed E-state index contributed by atoms with van der Waals surface area (Å²) in [5.74, 6) is 2.65. The van der Waals surface area contributed by atoms with Crippen LogP contribution in [0.25, 0.3) is 0 Å². The minimum Gasteiger partial charge on any atom is -0.493 e. The largest absolute Gasteiger partial charge is 0.493 e. The number of rotatable bonds is 8. The van der Waals surface area contributed by atoms with Crippen molar-refractivity contribution >= 4 is 11.9 Å². The quantitative estimate of drug-likeness (QED) is 0.401. The van der Waals surface area contributed by atoms with Gasteiger partial charge in [-0.1, -0.05) is 6.07 Å². The van der Waals surface area contributed by atoms with Gasteiger partial charge in [-0.05, 0) is 32.3 Å². The lowest BCUT2D eigenvalue weighted by Crippen LogP contribution is -2.47. The first kappa shape index (κ1) is 22.6. The highest BCUT2D eigenvalue weighted by Gasteiger charge is 2.27. The average molecular weight is 408 g/mol. The first-order valence-corrected chi connectivity index (χ1v) is 9.99. The standard InChI is InChI=1S/C21H33N3O5/c1-6-29-20(25)16-10-13-24(14-11-16)21(22-2)23-12-9-15-7-8-17(26-3)19(28-5)18(15)27-4/h7-8,16H,6,9-14H2,1-5H3,(H,22,23). The number of ether oxygens (including phenoxy) is 4. The second kappa shape index (κ2) is 11.4. The minimum atomic E-state index is -0.0874. The molecule has 1 aliphatic rings. The summed E-state index contributed by atoms with van der Waals surface area (Å²) in [6.07, 6.45) is 2.30. The van der Waals surface area contributed by atoms with Gasteiger partial charge >= 0.3 is 5.97 Å². The van der Waals surface area contributed by atoms with Crippen molar-refractivity contribution in [1.29, 1.82) is 0 Å². The second-order valence-electron chi connectivity index (χ2n) is 6.73. The number of guanidine groups is 1. The predicted octanol–water partition coefficient (Wildman–Crippen LogP) is 2.11. The van der Waals surface area contributed by atoms with Crippen molar-refractivity contribution in [2.45, 2.75) is 26.2 Å². The maximum absolute atomic E-state index is 11.9. The van der Waals surface area contributed by atoms with E-state index in [2.05, 4.69) is 15.2 Å². The number of carbonyl (C=O) groups is 1. The summed E-state index contributed by atoms with van der Waals surface area (Å²) in [7, 11) is 6.61. The first-order valence-electron chi connectivity index (χ1n) is 9.99. The molecule has 8 heteroatoms. The zero-order valence-electron chi connectivity index (χ0n) is 18.1. The normalized spacial score (nSPS) is 15.1. The number of hydrogen-bond donors (Lipinski definition) is 1. The van der Waals surface area contributed by atoms with Crippen LogP contribution in [0.1, 0.15) is 25.3 Å². The van der Waals surface area contributed by atoms with E-state index in [4.69, 9.17) is 18.9 Å². The van der Waals surface area contributed by atoms with Crippen molar-refractivity contribution in [3.8, 4) is 17.2 Å². The van der Waals surface area contributed by atoms with Crippen LogP contribution in [0, 0.1) is 5.92 Å². The molecule has 2 rings (SSSR count). The highest BCUT2D eigenvalue weighted by Crippen LogP contribution is 2.39. The van der Waals surface area contributed by atoms with Gasteiger partial charge in [0.2, 0.25) is 5.75 Å². The van der Waals surface area contributed by atoms with E-state index in [-0.39, 0.29) is 11.9 Å². The Hall–Kier alpha value is -2.64. The summed E-state index contributed by atoms with van der Waals surface area (Å²) in [6, 6.07) is 3.86. The summed E-state index contributed by atoms with van der Waals surface area (Å²) >= 11 is 0. The molecule has 0 radical (unpaired) electrons. The third-order valence-corrected chi connectivity index (χ3v) is 5.09. The van der Waals surface area contributed by atoms with Crippen LogP contribution in [0.15, 0.2) is 17.1 Å². The number of nitrogens with zero attached hydrogens (tertiary/aromatic N) is 2. The molecular formula is C21H33N3O5. The maximum atomic E-state index is 11.9. The number of carbonyl (C=O) groups excluding carboxylic acids is 1. The van der Waals surface area contributed by atoms with Crippen LogP contribution >= 0.6 is 0 Å². The summed E-state index contributed by atoms with van der Waals surface area (Å²) in [4.78, 5) is 18.5. The Morgan fingerprint density at radius 1 is 1.14 bits per heavy atom. The van der Waals surface area contributed by atoms with Crippen molar-refractivity contribution in [2.24, 2.45) is 10.9 Å². The molecule has 1 fully saturated rings. The zero-order chi connectivity index (χ0) is 21.2. The maximum Gasteiger partial charge on any atom is 0.309 e. The number of aliphatic imine (C=N–C) groups is 1. The van der Waals surface area contributed by atoms with Gasteiger partial charge in [0.15, 0.2) is 17.5 Å². The van der Waals surface area contributed by atoms with Gasteiger partial charge in [0.05, 0.1) is 33.9 Å². The van der Waals surface area contributed by atoms with Gasteiger partial charge in [0.1, 0.15) is 0 Å². The Labute approximate surface area is 173 Å². The summed E-state index contributed by atoms with van der Waals surface area (Å²) in [5.41, 5.74) is 1.02. The monoisotopic (exact) mass is 407 g/mol. The summed E-state index contributed by atoms with van der Waals surface area (Å²) in [5, 5.41) is 3.41. The van der Waals surface area contributed by atoms with Crippen molar-refractivity contribution < 1.29 is 23.7 Å². The summed E-state index contributed by atoms with van der Waals surface area (Å²) in [6.45, 7) is 4.52. The van der Waals surface area contributed by atoms with E-state index in [1.165, 1.54) is 0 Å². The first-order chi connectivity index (χ1) is 14.1. The van der Waals surface area contributed by atoms with Crippen LogP contribution in [0.4, 0.5) is 0 Å². The number of esters is 1. The highest BCUT2D eigenvalue weighted by molar-refractivity contribution is 5.80. The molecule has 0 atom stereocenters. The Balaban J connectivity index is 1.92. The van der Waals surface area contributed by atoms with Crippen LogP contribution in [-0.4, -0.2) is 71.4 Å². The summed E-state index contributed by atoms with van der Waals surface area (Å²) < 4.78 is 21.5. The number of piperidine rings is 1. The molecule has 162 valence electrons. The van der Waals surface area contributed by atoms with Crippen LogP contribution in [-0.2, 0) is 16.0 Å². The number of likely N-dealkylation sites (tertiary alicyclic amines) is 1. The van der Waals surface area contributed by atoms with Gasteiger partial charge in [-0.2, -0.15) is 0 Å². The zero-order valence-corrected chi connectivity index (χ0v) is 18.1. The van der Waals surface area contributed by atoms with E-state index >= 15 is 0 Å². The lowest BCUT2D eigenvalue weighted by atomic mass is 9.97. The smallest absolute Gasteiger partial charge is 0.309 e. The average Bonchev–Trinajstić information content (AvgIpc) is 2.76. The molecule has 1 aliphatic heterocycles. The molecule has 29 heavy (non-hydrogen) atoms. The molecule has 1 heterocycles. The van der Waals surface area contributed by atoms with Gasteiger partial charge in [-0.3, -0.25) is 9.79 Å². The van der Waals surface area contributed by atoms with Gasteiger partial charge in [-0.15, -0.1) is 0 Å². The van der Waals surface area contributed by atoms with Crippen molar-refractivity contribution in [2.75, 3.05) is 54.6 Å². The lowest BCUT2D eigenvalue weighted by molar-refractivity contribution is -0.149. The Morgan fingerprint density at radius 2 is 1.83 bits per heavy atom. The molecule has 8 nitrogen and oxygen atoms in total. The van der Waals surface area contributed by atoms with Crippen molar-refractivity contribution in [1.82, 2.24) is 10.2 Å². The Kier molecular flexibility index (Phi) is 8.89. The molecule has 0 saturated carbocycles. The van der Waals surface area contributed by atoms with Crippen molar-refractivity contribution in [3.63, 3.8) is 0 Å². The predicted molar refractivity (Wildman–Crippen MR) is 112 cm³/mol. The minimum absolute atomic E-state index is 0.0136. The third-order valence-electron chi connectivity index (χ3n) is 5.09.